The monoisotopic (exact) mass is 1070 g/mol. The van der Waals surface area contributed by atoms with Gasteiger partial charge < -0.3 is 14.2 Å². The van der Waals surface area contributed by atoms with E-state index in [1.807, 2.05) is 0 Å². The number of unbranched alkanes of at least 4 members (excludes halogenated alkanes) is 29. The molecule has 0 aromatic heterocycles. The molecule has 0 radical (unpaired) electrons. The first-order chi connectivity index (χ1) is 38.0. The van der Waals surface area contributed by atoms with Crippen LogP contribution in [0.2, 0.25) is 0 Å². The molecule has 1 unspecified atom stereocenters. The fraction of sp³-hybridized carbons (Fsp3) is 0.704. The topological polar surface area (TPSA) is 78.9 Å². The highest BCUT2D eigenvalue weighted by molar-refractivity contribution is 5.71. The van der Waals surface area contributed by atoms with Gasteiger partial charge in [0.05, 0.1) is 0 Å². The number of hydrogen-bond acceptors (Lipinski definition) is 6. The Labute approximate surface area is 476 Å². The van der Waals surface area contributed by atoms with Gasteiger partial charge in [0.25, 0.3) is 0 Å². The third kappa shape index (κ3) is 62.8. The van der Waals surface area contributed by atoms with Gasteiger partial charge in [0.15, 0.2) is 6.10 Å². The summed E-state index contributed by atoms with van der Waals surface area (Å²) in [5, 5.41) is 0. The van der Waals surface area contributed by atoms with E-state index in [0.717, 1.165) is 148 Å². The van der Waals surface area contributed by atoms with Gasteiger partial charge in [0, 0.05) is 19.3 Å². The van der Waals surface area contributed by atoms with Gasteiger partial charge in [-0.25, -0.2) is 0 Å². The zero-order valence-corrected chi connectivity index (χ0v) is 50.4. The van der Waals surface area contributed by atoms with Crippen molar-refractivity contribution in [3.8, 4) is 0 Å². The lowest BCUT2D eigenvalue weighted by Gasteiger charge is -2.18. The van der Waals surface area contributed by atoms with Crippen LogP contribution in [0.25, 0.3) is 0 Å². The van der Waals surface area contributed by atoms with E-state index < -0.39 is 6.10 Å². The Morgan fingerprint density at radius 2 is 0.506 bits per heavy atom. The molecule has 0 aromatic carbocycles. The first kappa shape index (κ1) is 73.1. The van der Waals surface area contributed by atoms with Crippen molar-refractivity contribution < 1.29 is 28.6 Å². The summed E-state index contributed by atoms with van der Waals surface area (Å²) in [6, 6.07) is 0. The average Bonchev–Trinajstić information content (AvgIpc) is 3.43. The Hall–Kier alpha value is -3.93. The van der Waals surface area contributed by atoms with E-state index in [2.05, 4.69) is 130 Å². The zero-order chi connectivity index (χ0) is 55.7. The van der Waals surface area contributed by atoms with Crippen LogP contribution >= 0.6 is 0 Å². The quantitative estimate of drug-likeness (QED) is 0.0261. The number of hydrogen-bond donors (Lipinski definition) is 0. The minimum Gasteiger partial charge on any atom is -0.462 e. The fourth-order valence-electron chi connectivity index (χ4n) is 8.99. The third-order valence-electron chi connectivity index (χ3n) is 13.8. The second-order valence-electron chi connectivity index (χ2n) is 21.3. The maximum absolute atomic E-state index is 12.9. The normalized spacial score (nSPS) is 12.8. The second-order valence-corrected chi connectivity index (χ2v) is 21.3. The van der Waals surface area contributed by atoms with E-state index in [0.29, 0.717) is 19.3 Å². The maximum atomic E-state index is 12.9. The van der Waals surface area contributed by atoms with Crippen molar-refractivity contribution in [2.75, 3.05) is 13.2 Å². The predicted octanol–water partition coefficient (Wildman–Crippen LogP) is 22.2. The molecule has 0 heterocycles. The number of ether oxygens (including phenoxy) is 3. The van der Waals surface area contributed by atoms with Crippen LogP contribution in [-0.4, -0.2) is 37.2 Å². The van der Waals surface area contributed by atoms with Gasteiger partial charge in [0.2, 0.25) is 0 Å². The molecule has 77 heavy (non-hydrogen) atoms. The molecular weight excluding hydrogens is 949 g/mol. The lowest BCUT2D eigenvalue weighted by atomic mass is 10.0. The molecule has 0 saturated heterocycles. The Kier molecular flexibility index (Phi) is 61.3. The predicted molar refractivity (Wildman–Crippen MR) is 334 cm³/mol. The van der Waals surface area contributed by atoms with Crippen molar-refractivity contribution in [3.05, 3.63) is 109 Å². The molecule has 6 nitrogen and oxygen atoms in total. The summed E-state index contributed by atoms with van der Waals surface area (Å²) in [7, 11) is 0. The molecule has 0 N–H and O–H groups in total. The van der Waals surface area contributed by atoms with Crippen LogP contribution in [0.3, 0.4) is 0 Å². The van der Waals surface area contributed by atoms with Crippen LogP contribution in [0.4, 0.5) is 0 Å². The number of carbonyl (C=O) groups excluding carboxylic acids is 3. The average molecular weight is 1070 g/mol. The maximum Gasteiger partial charge on any atom is 0.306 e. The van der Waals surface area contributed by atoms with E-state index in [1.54, 1.807) is 0 Å². The summed E-state index contributed by atoms with van der Waals surface area (Å²) in [5.41, 5.74) is 0. The Balaban J connectivity index is 4.42. The largest absolute Gasteiger partial charge is 0.462 e. The van der Waals surface area contributed by atoms with Crippen molar-refractivity contribution in [1.82, 2.24) is 0 Å². The molecule has 0 bridgehead atoms. The molecule has 0 fully saturated rings. The van der Waals surface area contributed by atoms with Gasteiger partial charge in [-0.15, -0.1) is 0 Å². The van der Waals surface area contributed by atoms with Crippen LogP contribution in [0, 0.1) is 0 Å². The van der Waals surface area contributed by atoms with Gasteiger partial charge >= 0.3 is 17.9 Å². The van der Waals surface area contributed by atoms with Crippen LogP contribution in [-0.2, 0) is 28.6 Å². The van der Waals surface area contributed by atoms with Crippen LogP contribution in [0.15, 0.2) is 109 Å². The van der Waals surface area contributed by atoms with Crippen LogP contribution in [0.5, 0.6) is 0 Å². The van der Waals surface area contributed by atoms with E-state index in [4.69, 9.17) is 14.2 Å². The van der Waals surface area contributed by atoms with Crippen molar-refractivity contribution >= 4 is 17.9 Å². The van der Waals surface area contributed by atoms with Crippen molar-refractivity contribution in [1.29, 1.82) is 0 Å². The third-order valence-corrected chi connectivity index (χ3v) is 13.8. The molecule has 0 aromatic rings. The Morgan fingerprint density at radius 3 is 0.792 bits per heavy atom. The number of rotatable bonds is 58. The van der Waals surface area contributed by atoms with Gasteiger partial charge in [-0.1, -0.05) is 291 Å². The van der Waals surface area contributed by atoms with E-state index in [9.17, 15) is 14.4 Å². The minimum atomic E-state index is -0.798. The molecule has 0 aliphatic rings. The summed E-state index contributed by atoms with van der Waals surface area (Å²) in [6.07, 6.45) is 88.1. The molecule has 440 valence electrons. The molecule has 0 saturated carbocycles. The second kappa shape index (κ2) is 64.6. The summed E-state index contributed by atoms with van der Waals surface area (Å²) in [6.45, 7) is 6.41. The summed E-state index contributed by atoms with van der Waals surface area (Å²) in [4.78, 5) is 38.3. The van der Waals surface area contributed by atoms with E-state index >= 15 is 0 Å². The number of allylic oxidation sites excluding steroid dienone is 18. The van der Waals surface area contributed by atoms with E-state index in [-0.39, 0.29) is 31.1 Å². The molecule has 0 aliphatic carbocycles. The van der Waals surface area contributed by atoms with Gasteiger partial charge in [-0.2, -0.15) is 0 Å². The standard InChI is InChI=1S/C71H120O6/c1-4-7-10-13-16-19-22-25-28-30-32-34-35-37-38-40-43-46-49-52-55-58-61-64-70(73)76-67-68(66-75-69(72)63-60-57-54-51-48-45-42-27-24-21-18-15-12-9-6-3)77-71(74)65-62-59-56-53-50-47-44-41-39-36-33-31-29-26-23-20-17-14-11-8-5-2/h7,9-10,12,16,18-19,21,25,27-28,32,34,37-38,42-43,46,68H,4-6,8,11,13-15,17,20,22-24,26,29-31,33,35-36,39-41,44-45,47-67H2,1-3H3/b10-7-,12-9-,19-16-,21-18-,28-25-,34-32-,38-37-,42-27-,46-43-. The van der Waals surface area contributed by atoms with Crippen LogP contribution in [0.1, 0.15) is 303 Å². The molecule has 0 spiro atoms. The Morgan fingerprint density at radius 1 is 0.273 bits per heavy atom. The summed E-state index contributed by atoms with van der Waals surface area (Å²) in [5.74, 6) is -0.925. The highest BCUT2D eigenvalue weighted by Gasteiger charge is 2.19. The van der Waals surface area contributed by atoms with Gasteiger partial charge in [0.1, 0.15) is 13.2 Å². The molecular formula is C71H120O6. The summed E-state index contributed by atoms with van der Waals surface area (Å²) >= 11 is 0. The smallest absolute Gasteiger partial charge is 0.306 e. The Bertz CT molecular complexity index is 1560. The van der Waals surface area contributed by atoms with Crippen LogP contribution < -0.4 is 0 Å². The molecule has 0 aliphatic heterocycles. The first-order valence-electron chi connectivity index (χ1n) is 32.4. The van der Waals surface area contributed by atoms with Crippen molar-refractivity contribution in [3.63, 3.8) is 0 Å². The highest BCUT2D eigenvalue weighted by atomic mass is 16.6. The molecule has 0 amide bonds. The molecule has 6 heteroatoms. The number of esters is 3. The van der Waals surface area contributed by atoms with Crippen molar-refractivity contribution in [2.45, 2.75) is 309 Å². The van der Waals surface area contributed by atoms with Gasteiger partial charge in [-0.3, -0.25) is 14.4 Å². The van der Waals surface area contributed by atoms with Crippen molar-refractivity contribution in [2.24, 2.45) is 0 Å². The minimum absolute atomic E-state index is 0.0945. The van der Waals surface area contributed by atoms with Gasteiger partial charge in [-0.05, 0) is 103 Å². The SMILES string of the molecule is CC/C=C\C/C=C\C/C=C\C/C=C\C/C=C\C/C=C\CCCCCCC(=O)OCC(COC(=O)CCCCCCC/C=C\C/C=C\C/C=C\CC)OC(=O)CCCCCCCCCCCCCCCCCCCCCCC. The molecule has 0 rings (SSSR count). The zero-order valence-electron chi connectivity index (χ0n) is 50.4. The fourth-order valence-corrected chi connectivity index (χ4v) is 8.99. The highest BCUT2D eigenvalue weighted by Crippen LogP contribution is 2.17. The lowest BCUT2D eigenvalue weighted by molar-refractivity contribution is -0.167. The number of carbonyl (C=O) groups is 3. The lowest BCUT2D eigenvalue weighted by Crippen LogP contribution is -2.30. The van der Waals surface area contributed by atoms with E-state index in [1.165, 1.54) is 116 Å². The first-order valence-corrected chi connectivity index (χ1v) is 32.4. The molecule has 1 atom stereocenters. The summed E-state index contributed by atoms with van der Waals surface area (Å²) < 4.78 is 16.9.